The van der Waals surface area contributed by atoms with Crippen LogP contribution in [-0.4, -0.2) is 31.3 Å². The molecule has 0 fully saturated rings. The molecule has 1 aromatic carbocycles. The van der Waals surface area contributed by atoms with Crippen molar-refractivity contribution in [2.24, 2.45) is 0 Å². The maximum absolute atomic E-state index is 12.4. The van der Waals surface area contributed by atoms with Gasteiger partial charge >= 0.3 is 17.6 Å². The van der Waals surface area contributed by atoms with Crippen molar-refractivity contribution in [2.45, 2.75) is 0 Å². The van der Waals surface area contributed by atoms with Crippen LogP contribution in [0.2, 0.25) is 0 Å². The number of benzene rings is 1. The third-order valence-corrected chi connectivity index (χ3v) is 4.63. The van der Waals surface area contributed by atoms with Crippen molar-refractivity contribution < 1.29 is 23.8 Å². The summed E-state index contributed by atoms with van der Waals surface area (Å²) >= 11 is 1.11. The summed E-state index contributed by atoms with van der Waals surface area (Å²) in [7, 11) is 3.16. The van der Waals surface area contributed by atoms with Crippen LogP contribution in [0.5, 0.6) is 5.75 Å². The summed E-state index contributed by atoms with van der Waals surface area (Å²) in [5, 5.41) is 12.1. The topological polar surface area (TPSA) is 109 Å². The fourth-order valence-electron chi connectivity index (χ4n) is 2.24. The zero-order chi connectivity index (χ0) is 18.8. The van der Waals surface area contributed by atoms with Crippen LogP contribution >= 0.6 is 11.3 Å². The second-order valence-electron chi connectivity index (χ2n) is 5.28. The molecule has 0 atom stereocenters. The molecule has 2 aromatic heterocycles. The van der Waals surface area contributed by atoms with E-state index in [1.165, 1.54) is 17.0 Å². The summed E-state index contributed by atoms with van der Waals surface area (Å²) < 4.78 is 10.5. The van der Waals surface area contributed by atoms with Crippen molar-refractivity contribution in [1.29, 1.82) is 0 Å². The number of ether oxygens (including phenoxy) is 1. The second kappa shape index (κ2) is 6.89. The third-order valence-electron chi connectivity index (χ3n) is 3.65. The van der Waals surface area contributed by atoms with Crippen LogP contribution in [0.15, 0.2) is 45.6 Å². The number of fused-ring (bicyclic) bond motifs is 1. The molecule has 0 radical (unpaired) electrons. The summed E-state index contributed by atoms with van der Waals surface area (Å²) in [6.07, 6.45) is 0. The molecule has 0 aliphatic carbocycles. The molecule has 9 heteroatoms. The van der Waals surface area contributed by atoms with Gasteiger partial charge in [-0.05, 0) is 30.3 Å². The minimum atomic E-state index is -1.36. The van der Waals surface area contributed by atoms with Gasteiger partial charge in [0, 0.05) is 18.8 Å². The predicted molar refractivity (Wildman–Crippen MR) is 97.7 cm³/mol. The van der Waals surface area contributed by atoms with E-state index < -0.39 is 23.2 Å². The first kappa shape index (κ1) is 17.5. The molecule has 0 aliphatic rings. The van der Waals surface area contributed by atoms with E-state index >= 15 is 0 Å². The molecular weight excluding hydrogens is 360 g/mol. The summed E-state index contributed by atoms with van der Waals surface area (Å²) in [6, 6.07) is 9.26. The fraction of sp³-hybridized carbons (Fsp3) is 0.118. The van der Waals surface area contributed by atoms with E-state index in [4.69, 9.17) is 14.3 Å². The summed E-state index contributed by atoms with van der Waals surface area (Å²) in [4.78, 5) is 36.4. The lowest BCUT2D eigenvalue weighted by Crippen LogP contribution is -2.30. The Kier molecular flexibility index (Phi) is 4.63. The van der Waals surface area contributed by atoms with Crippen LogP contribution in [0.25, 0.3) is 10.3 Å². The summed E-state index contributed by atoms with van der Waals surface area (Å²) in [6.45, 7) is 0. The number of carboxylic acid groups (broad SMARTS) is 1. The Morgan fingerprint density at radius 2 is 1.92 bits per heavy atom. The Morgan fingerprint density at radius 1 is 1.23 bits per heavy atom. The first-order valence-electron chi connectivity index (χ1n) is 7.39. The SMILES string of the molecule is COc1ccc(N(C)C(=O)Nc2cc3oc(=O)c(C(=O)O)cc3s2)cc1. The number of methoxy groups -OCH3 is 1. The summed E-state index contributed by atoms with van der Waals surface area (Å²) in [5.41, 5.74) is -0.514. The maximum Gasteiger partial charge on any atom is 0.351 e. The van der Waals surface area contributed by atoms with Gasteiger partial charge in [-0.1, -0.05) is 0 Å². The van der Waals surface area contributed by atoms with Gasteiger partial charge in [0.05, 0.1) is 11.8 Å². The van der Waals surface area contributed by atoms with Gasteiger partial charge in [0.15, 0.2) is 5.58 Å². The van der Waals surface area contributed by atoms with E-state index in [1.807, 2.05) is 0 Å². The lowest BCUT2D eigenvalue weighted by molar-refractivity contribution is 0.0692. The van der Waals surface area contributed by atoms with Crippen LogP contribution in [-0.2, 0) is 0 Å². The monoisotopic (exact) mass is 374 g/mol. The van der Waals surface area contributed by atoms with Gasteiger partial charge in [-0.2, -0.15) is 0 Å². The zero-order valence-electron chi connectivity index (χ0n) is 13.8. The highest BCUT2D eigenvalue weighted by molar-refractivity contribution is 7.22. The molecule has 0 spiro atoms. The van der Waals surface area contributed by atoms with E-state index in [9.17, 15) is 14.4 Å². The number of thiophene rings is 1. The Bertz CT molecular complexity index is 1040. The number of carbonyl (C=O) groups excluding carboxylic acids is 1. The highest BCUT2D eigenvalue weighted by atomic mass is 32.1. The first-order chi connectivity index (χ1) is 12.4. The molecule has 3 rings (SSSR count). The molecule has 2 amide bonds. The smallest absolute Gasteiger partial charge is 0.351 e. The van der Waals surface area contributed by atoms with E-state index in [0.717, 1.165) is 11.3 Å². The Balaban J connectivity index is 1.82. The molecule has 3 aromatic rings. The highest BCUT2D eigenvalue weighted by Crippen LogP contribution is 2.30. The number of nitrogens with zero attached hydrogens (tertiary/aromatic N) is 1. The van der Waals surface area contributed by atoms with Gasteiger partial charge in [-0.15, -0.1) is 11.3 Å². The fourth-order valence-corrected chi connectivity index (χ4v) is 3.16. The largest absolute Gasteiger partial charge is 0.497 e. The lowest BCUT2D eigenvalue weighted by atomic mass is 10.3. The number of carboxylic acids is 1. The quantitative estimate of drug-likeness (QED) is 0.726. The molecular formula is C17H14N2O6S. The van der Waals surface area contributed by atoms with Crippen molar-refractivity contribution >= 4 is 44.3 Å². The average Bonchev–Trinajstić information content (AvgIpc) is 3.01. The molecule has 8 nitrogen and oxygen atoms in total. The molecule has 0 saturated heterocycles. The minimum Gasteiger partial charge on any atom is -0.497 e. The molecule has 0 saturated carbocycles. The van der Waals surface area contributed by atoms with Crippen LogP contribution < -0.4 is 20.6 Å². The summed E-state index contributed by atoms with van der Waals surface area (Å²) in [5.74, 6) is -0.685. The van der Waals surface area contributed by atoms with Gasteiger partial charge in [0.25, 0.3) is 0 Å². The van der Waals surface area contributed by atoms with Crippen LogP contribution in [0.3, 0.4) is 0 Å². The maximum atomic E-state index is 12.4. The van der Waals surface area contributed by atoms with Crippen molar-refractivity contribution in [1.82, 2.24) is 0 Å². The number of nitrogens with one attached hydrogen (secondary N) is 1. The van der Waals surface area contributed by atoms with Crippen molar-refractivity contribution in [3.63, 3.8) is 0 Å². The van der Waals surface area contributed by atoms with Gasteiger partial charge in [0.1, 0.15) is 16.3 Å². The highest BCUT2D eigenvalue weighted by Gasteiger charge is 2.16. The first-order valence-corrected chi connectivity index (χ1v) is 8.20. The molecule has 0 aliphatic heterocycles. The van der Waals surface area contributed by atoms with Crippen LogP contribution in [0.4, 0.5) is 15.5 Å². The van der Waals surface area contributed by atoms with E-state index in [2.05, 4.69) is 5.32 Å². The van der Waals surface area contributed by atoms with E-state index in [-0.39, 0.29) is 5.58 Å². The van der Waals surface area contributed by atoms with Crippen LogP contribution in [0.1, 0.15) is 10.4 Å². The lowest BCUT2D eigenvalue weighted by Gasteiger charge is -2.17. The molecule has 2 N–H and O–H groups in total. The number of hydrogen-bond donors (Lipinski definition) is 2. The number of amides is 2. The third kappa shape index (κ3) is 3.38. The second-order valence-corrected chi connectivity index (χ2v) is 6.36. The number of anilines is 2. The standard InChI is InChI=1S/C17H14N2O6S/c1-19(9-3-5-10(24-2)6-4-9)17(23)18-14-8-12-13(26-14)7-11(15(20)21)16(22)25-12/h3-8H,1-2H3,(H,18,23)(H,20,21). The number of urea groups is 1. The Labute approximate surface area is 151 Å². The Hall–Kier alpha value is -3.33. The normalized spacial score (nSPS) is 10.5. The molecule has 134 valence electrons. The molecule has 0 unspecified atom stereocenters. The number of carbonyl (C=O) groups is 2. The average molecular weight is 374 g/mol. The van der Waals surface area contributed by atoms with Gasteiger partial charge in [-0.25, -0.2) is 14.4 Å². The molecule has 0 bridgehead atoms. The van der Waals surface area contributed by atoms with Gasteiger partial charge in [0.2, 0.25) is 0 Å². The van der Waals surface area contributed by atoms with Crippen molar-refractivity contribution in [3.8, 4) is 5.75 Å². The van der Waals surface area contributed by atoms with Crippen LogP contribution in [0, 0.1) is 0 Å². The zero-order valence-corrected chi connectivity index (χ0v) is 14.6. The van der Waals surface area contributed by atoms with Crippen molar-refractivity contribution in [3.05, 3.63) is 52.4 Å². The van der Waals surface area contributed by atoms with Gasteiger partial charge < -0.3 is 14.3 Å². The van der Waals surface area contributed by atoms with Gasteiger partial charge in [-0.3, -0.25) is 10.2 Å². The minimum absolute atomic E-state index is 0.215. The molecule has 26 heavy (non-hydrogen) atoms. The van der Waals surface area contributed by atoms with E-state index in [1.54, 1.807) is 38.4 Å². The van der Waals surface area contributed by atoms with Crippen molar-refractivity contribution in [2.75, 3.05) is 24.4 Å². The number of hydrogen-bond acceptors (Lipinski definition) is 6. The predicted octanol–water partition coefficient (Wildman–Crippen LogP) is 3.23. The van der Waals surface area contributed by atoms with E-state index in [0.29, 0.717) is 21.1 Å². The Morgan fingerprint density at radius 3 is 2.54 bits per heavy atom. The number of aromatic carboxylic acids is 1. The number of rotatable bonds is 4. The molecule has 2 heterocycles.